The van der Waals surface area contributed by atoms with Crippen LogP contribution in [0.1, 0.15) is 31.0 Å². The predicted octanol–water partition coefficient (Wildman–Crippen LogP) is 3.46. The first kappa shape index (κ1) is 23.7. The van der Waals surface area contributed by atoms with E-state index in [2.05, 4.69) is 19.8 Å². The van der Waals surface area contributed by atoms with E-state index in [-0.39, 0.29) is 29.7 Å². The summed E-state index contributed by atoms with van der Waals surface area (Å²) in [7, 11) is 0. The van der Waals surface area contributed by atoms with Gasteiger partial charge in [-0.1, -0.05) is 23.7 Å². The van der Waals surface area contributed by atoms with Gasteiger partial charge in [-0.25, -0.2) is 19.5 Å². The van der Waals surface area contributed by atoms with Crippen molar-refractivity contribution in [1.82, 2.24) is 15.2 Å². The monoisotopic (exact) mass is 495 g/mol. The number of hydrogen-bond donors (Lipinski definition) is 1. The number of pyridine rings is 1. The number of halogens is 3. The Morgan fingerprint density at radius 2 is 2.00 bits per heavy atom. The van der Waals surface area contributed by atoms with Gasteiger partial charge in [-0.3, -0.25) is 4.79 Å². The molecular weight excluding hydrogens is 476 g/mol. The van der Waals surface area contributed by atoms with Gasteiger partial charge in [0.05, 0.1) is 18.6 Å². The summed E-state index contributed by atoms with van der Waals surface area (Å²) in [6, 6.07) is 4.68. The van der Waals surface area contributed by atoms with Crippen LogP contribution >= 0.6 is 11.6 Å². The standard InChI is InChI=1S/C22H20ClF2N3O6/c1-3-32-20(30)18-14(8-12-4-7-17(23)26-10-12)19(29)28(18)21(31)27-11(2)13-5-6-15-16(9-13)34-22(24,25)33-15/h4-7,9-11,14,18H,3,8H2,1-2H3,(H,27,31). The van der Waals surface area contributed by atoms with E-state index in [1.54, 1.807) is 26.0 Å². The Balaban J connectivity index is 1.47. The largest absolute Gasteiger partial charge is 0.586 e. The second-order valence-electron chi connectivity index (χ2n) is 7.75. The zero-order valence-electron chi connectivity index (χ0n) is 18.1. The van der Waals surface area contributed by atoms with Gasteiger partial charge in [0.1, 0.15) is 5.15 Å². The number of rotatable bonds is 6. The molecule has 12 heteroatoms. The van der Waals surface area contributed by atoms with Gasteiger partial charge in [-0.2, -0.15) is 0 Å². The van der Waals surface area contributed by atoms with E-state index in [1.165, 1.54) is 24.4 Å². The van der Waals surface area contributed by atoms with Crippen LogP contribution in [0.25, 0.3) is 0 Å². The van der Waals surface area contributed by atoms with E-state index >= 15 is 0 Å². The first-order chi connectivity index (χ1) is 16.1. The van der Waals surface area contributed by atoms with Crippen LogP contribution in [0.5, 0.6) is 11.5 Å². The van der Waals surface area contributed by atoms with E-state index < -0.39 is 42.2 Å². The van der Waals surface area contributed by atoms with E-state index in [4.69, 9.17) is 16.3 Å². The molecule has 4 rings (SSSR count). The maximum Gasteiger partial charge on any atom is 0.586 e. The number of nitrogens with zero attached hydrogens (tertiary/aromatic N) is 2. The summed E-state index contributed by atoms with van der Waals surface area (Å²) in [6.45, 7) is 3.28. The summed E-state index contributed by atoms with van der Waals surface area (Å²) >= 11 is 5.79. The number of β-lactam (4-membered cyclic amide) rings is 1. The fraction of sp³-hybridized carbons (Fsp3) is 0.364. The number of aromatic nitrogens is 1. The third-order valence-corrected chi connectivity index (χ3v) is 5.69. The van der Waals surface area contributed by atoms with Crippen molar-refractivity contribution in [3.63, 3.8) is 0 Å². The third-order valence-electron chi connectivity index (χ3n) is 5.47. The Hall–Kier alpha value is -3.47. The Kier molecular flexibility index (Phi) is 6.30. The maximum atomic E-state index is 13.3. The maximum absolute atomic E-state index is 13.3. The van der Waals surface area contributed by atoms with Crippen LogP contribution in [0, 0.1) is 5.92 Å². The molecule has 0 bridgehead atoms. The molecule has 0 aliphatic carbocycles. The molecule has 0 spiro atoms. The number of amides is 3. The summed E-state index contributed by atoms with van der Waals surface area (Å²) in [4.78, 5) is 43.0. The van der Waals surface area contributed by atoms with Gasteiger partial charge in [0.2, 0.25) is 5.91 Å². The van der Waals surface area contributed by atoms with Crippen molar-refractivity contribution in [1.29, 1.82) is 0 Å². The topological polar surface area (TPSA) is 107 Å². The smallest absolute Gasteiger partial charge is 0.464 e. The van der Waals surface area contributed by atoms with Gasteiger partial charge in [-0.05, 0) is 49.6 Å². The number of urea groups is 1. The summed E-state index contributed by atoms with van der Waals surface area (Å²) in [6.07, 6.45) is -2.10. The zero-order chi connectivity index (χ0) is 24.6. The average Bonchev–Trinajstić information content (AvgIpc) is 3.09. The van der Waals surface area contributed by atoms with Crippen LogP contribution in [0.15, 0.2) is 36.5 Å². The summed E-state index contributed by atoms with van der Waals surface area (Å²) in [5.74, 6) is -2.38. The minimum atomic E-state index is -3.76. The van der Waals surface area contributed by atoms with E-state index in [0.717, 1.165) is 4.90 Å². The number of fused-ring (bicyclic) bond motifs is 1. The Labute approximate surface area is 197 Å². The lowest BCUT2D eigenvalue weighted by molar-refractivity contribution is -0.286. The number of benzene rings is 1. The first-order valence-corrected chi connectivity index (χ1v) is 10.8. The van der Waals surface area contributed by atoms with Crippen LogP contribution in [-0.2, 0) is 20.7 Å². The summed E-state index contributed by atoms with van der Waals surface area (Å²) in [5, 5.41) is 2.89. The minimum Gasteiger partial charge on any atom is -0.464 e. The summed E-state index contributed by atoms with van der Waals surface area (Å²) in [5.41, 5.74) is 1.10. The number of ether oxygens (including phenoxy) is 3. The fourth-order valence-electron chi connectivity index (χ4n) is 3.83. The molecule has 2 aliphatic rings. The van der Waals surface area contributed by atoms with Crippen molar-refractivity contribution in [2.24, 2.45) is 5.92 Å². The highest BCUT2D eigenvalue weighted by Crippen LogP contribution is 2.42. The summed E-state index contributed by atoms with van der Waals surface area (Å²) < 4.78 is 40.4. The van der Waals surface area contributed by atoms with E-state index in [0.29, 0.717) is 11.1 Å². The first-order valence-electron chi connectivity index (χ1n) is 10.4. The number of alkyl halides is 2. The highest BCUT2D eigenvalue weighted by Gasteiger charge is 2.55. The zero-order valence-corrected chi connectivity index (χ0v) is 18.8. The van der Waals surface area contributed by atoms with Gasteiger partial charge >= 0.3 is 18.3 Å². The Morgan fingerprint density at radius 1 is 1.26 bits per heavy atom. The van der Waals surface area contributed by atoms with Crippen molar-refractivity contribution in [3.8, 4) is 11.5 Å². The molecular formula is C22H20ClF2N3O6. The molecule has 3 atom stereocenters. The quantitative estimate of drug-likeness (QED) is 0.371. The number of carbonyl (C=O) groups excluding carboxylic acids is 3. The molecule has 3 unspecified atom stereocenters. The molecule has 0 saturated carbocycles. The average molecular weight is 496 g/mol. The highest BCUT2D eigenvalue weighted by atomic mass is 35.5. The number of hydrogen-bond acceptors (Lipinski definition) is 7. The van der Waals surface area contributed by atoms with Gasteiger partial charge in [0, 0.05) is 6.20 Å². The van der Waals surface area contributed by atoms with Gasteiger partial charge < -0.3 is 19.5 Å². The number of nitrogens with one attached hydrogen (secondary N) is 1. The predicted molar refractivity (Wildman–Crippen MR) is 113 cm³/mol. The fourth-order valence-corrected chi connectivity index (χ4v) is 3.94. The molecule has 1 N–H and O–H groups in total. The number of likely N-dealkylation sites (tertiary alicyclic amines) is 1. The van der Waals surface area contributed by atoms with Crippen molar-refractivity contribution in [3.05, 3.63) is 52.8 Å². The Bertz CT molecular complexity index is 1130. The van der Waals surface area contributed by atoms with Crippen molar-refractivity contribution in [2.45, 2.75) is 38.6 Å². The molecule has 3 amide bonds. The van der Waals surface area contributed by atoms with Gasteiger partial charge in [-0.15, -0.1) is 8.78 Å². The molecule has 2 aliphatic heterocycles. The van der Waals surface area contributed by atoms with Crippen LogP contribution in [0.3, 0.4) is 0 Å². The van der Waals surface area contributed by atoms with E-state index in [9.17, 15) is 23.2 Å². The molecule has 1 aromatic heterocycles. The van der Waals surface area contributed by atoms with Crippen molar-refractivity contribution >= 4 is 29.5 Å². The molecule has 1 saturated heterocycles. The van der Waals surface area contributed by atoms with Crippen LogP contribution in [-0.4, -0.2) is 46.7 Å². The van der Waals surface area contributed by atoms with Gasteiger partial charge in [0.15, 0.2) is 17.5 Å². The second-order valence-corrected chi connectivity index (χ2v) is 8.14. The number of carbonyl (C=O) groups is 3. The highest BCUT2D eigenvalue weighted by molar-refractivity contribution is 6.29. The lowest BCUT2D eigenvalue weighted by atomic mass is 9.83. The van der Waals surface area contributed by atoms with Crippen LogP contribution in [0.4, 0.5) is 13.6 Å². The molecule has 2 aromatic rings. The van der Waals surface area contributed by atoms with Crippen LogP contribution in [0.2, 0.25) is 5.15 Å². The molecule has 1 aromatic carbocycles. The van der Waals surface area contributed by atoms with Crippen LogP contribution < -0.4 is 14.8 Å². The van der Waals surface area contributed by atoms with E-state index in [1.807, 2.05) is 0 Å². The molecule has 9 nitrogen and oxygen atoms in total. The normalized spacial score (nSPS) is 21.0. The third kappa shape index (κ3) is 4.60. The SMILES string of the molecule is CCOC(=O)C1C(Cc2ccc(Cl)nc2)C(=O)N1C(=O)NC(C)c1ccc2c(c1)OC(F)(F)O2. The number of imide groups is 1. The Morgan fingerprint density at radius 3 is 2.68 bits per heavy atom. The lowest BCUT2D eigenvalue weighted by Gasteiger charge is -2.44. The molecule has 3 heterocycles. The molecule has 0 radical (unpaired) electrons. The molecule has 34 heavy (non-hydrogen) atoms. The minimum absolute atomic E-state index is 0.0758. The molecule has 180 valence electrons. The number of esters is 1. The lowest BCUT2D eigenvalue weighted by Crippen LogP contribution is -2.69. The van der Waals surface area contributed by atoms with Crippen molar-refractivity contribution < 1.29 is 37.4 Å². The van der Waals surface area contributed by atoms with Crippen molar-refractivity contribution in [2.75, 3.05) is 6.61 Å². The second kappa shape index (κ2) is 9.05. The van der Waals surface area contributed by atoms with Gasteiger partial charge in [0.25, 0.3) is 0 Å². The molecule has 1 fully saturated rings.